The van der Waals surface area contributed by atoms with Gasteiger partial charge in [-0.3, -0.25) is 4.68 Å². The highest BCUT2D eigenvalue weighted by atomic mass is 16.5. The molecule has 0 aliphatic carbocycles. The number of nitrogens with zero attached hydrogens (tertiary/aromatic N) is 3. The fourth-order valence-corrected chi connectivity index (χ4v) is 1.09. The van der Waals surface area contributed by atoms with Crippen LogP contribution in [-0.2, 0) is 6.54 Å². The average Bonchev–Trinajstić information content (AvgIpc) is 2.71. The van der Waals surface area contributed by atoms with Gasteiger partial charge in [-0.1, -0.05) is 5.16 Å². The molecule has 5 heteroatoms. The molecular formula is C8H10N4O. The molecule has 2 heterocycles. The molecule has 0 fully saturated rings. The summed E-state index contributed by atoms with van der Waals surface area (Å²) in [5, 5.41) is 7.70. The summed E-state index contributed by atoms with van der Waals surface area (Å²) in [6.07, 6.45) is 3.61. The molecule has 0 unspecified atom stereocenters. The van der Waals surface area contributed by atoms with Gasteiger partial charge in [-0.15, -0.1) is 0 Å². The summed E-state index contributed by atoms with van der Waals surface area (Å²) >= 11 is 0. The molecule has 0 atom stereocenters. The van der Waals surface area contributed by atoms with Crippen molar-refractivity contribution in [3.8, 4) is 11.3 Å². The Balaban J connectivity index is 2.35. The van der Waals surface area contributed by atoms with E-state index in [1.807, 2.05) is 17.8 Å². The highest BCUT2D eigenvalue weighted by Gasteiger charge is 2.06. The van der Waals surface area contributed by atoms with Crippen molar-refractivity contribution < 1.29 is 4.52 Å². The van der Waals surface area contributed by atoms with Crippen LogP contribution in [0.2, 0.25) is 0 Å². The summed E-state index contributed by atoms with van der Waals surface area (Å²) in [5.41, 5.74) is 6.32. The summed E-state index contributed by atoms with van der Waals surface area (Å²) in [7, 11) is 0. The van der Waals surface area contributed by atoms with E-state index in [2.05, 4.69) is 10.3 Å². The third-order valence-corrected chi connectivity index (χ3v) is 1.77. The van der Waals surface area contributed by atoms with Gasteiger partial charge >= 0.3 is 0 Å². The van der Waals surface area contributed by atoms with Crippen molar-refractivity contribution in [3.05, 3.63) is 18.5 Å². The summed E-state index contributed by atoms with van der Waals surface area (Å²) in [5.74, 6) is 1.04. The molecular weight excluding hydrogens is 168 g/mol. The van der Waals surface area contributed by atoms with Crippen LogP contribution < -0.4 is 5.73 Å². The minimum absolute atomic E-state index is 0.388. The molecule has 2 aromatic heterocycles. The second kappa shape index (κ2) is 2.93. The molecule has 0 radical (unpaired) electrons. The van der Waals surface area contributed by atoms with Crippen LogP contribution >= 0.6 is 0 Å². The van der Waals surface area contributed by atoms with E-state index in [0.29, 0.717) is 11.6 Å². The first-order valence-corrected chi connectivity index (χ1v) is 4.04. The fourth-order valence-electron chi connectivity index (χ4n) is 1.09. The third kappa shape index (κ3) is 1.40. The van der Waals surface area contributed by atoms with Crippen molar-refractivity contribution in [3.63, 3.8) is 0 Å². The molecule has 0 spiro atoms. The van der Waals surface area contributed by atoms with Crippen LogP contribution in [0.1, 0.15) is 6.92 Å². The smallest absolute Gasteiger partial charge is 0.172 e. The molecule has 0 saturated carbocycles. The van der Waals surface area contributed by atoms with Gasteiger partial charge in [0.05, 0.1) is 11.8 Å². The normalized spacial score (nSPS) is 10.5. The van der Waals surface area contributed by atoms with Crippen molar-refractivity contribution in [2.24, 2.45) is 0 Å². The number of hydrogen-bond acceptors (Lipinski definition) is 4. The van der Waals surface area contributed by atoms with Crippen LogP contribution in [-0.4, -0.2) is 14.9 Å². The first kappa shape index (κ1) is 7.85. The maximum atomic E-state index is 5.42. The van der Waals surface area contributed by atoms with Crippen LogP contribution in [0, 0.1) is 0 Å². The van der Waals surface area contributed by atoms with Crippen LogP contribution in [0.5, 0.6) is 0 Å². The highest BCUT2D eigenvalue weighted by molar-refractivity contribution is 5.57. The lowest BCUT2D eigenvalue weighted by Crippen LogP contribution is -1.91. The van der Waals surface area contributed by atoms with Crippen molar-refractivity contribution >= 4 is 5.82 Å². The lowest BCUT2D eigenvalue weighted by atomic mass is 10.3. The molecule has 2 aromatic rings. The van der Waals surface area contributed by atoms with Gasteiger partial charge in [0.15, 0.2) is 11.6 Å². The summed E-state index contributed by atoms with van der Waals surface area (Å²) < 4.78 is 6.79. The molecule has 0 aliphatic rings. The van der Waals surface area contributed by atoms with E-state index >= 15 is 0 Å². The van der Waals surface area contributed by atoms with E-state index < -0.39 is 0 Å². The van der Waals surface area contributed by atoms with Crippen LogP contribution in [0.15, 0.2) is 23.0 Å². The molecule has 0 aromatic carbocycles. The van der Waals surface area contributed by atoms with Crippen LogP contribution in [0.25, 0.3) is 11.3 Å². The molecule has 68 valence electrons. The largest absolute Gasteiger partial charge is 0.381 e. The zero-order valence-corrected chi connectivity index (χ0v) is 7.27. The van der Waals surface area contributed by atoms with Gasteiger partial charge in [0, 0.05) is 18.8 Å². The maximum Gasteiger partial charge on any atom is 0.172 e. The van der Waals surface area contributed by atoms with E-state index in [1.54, 1.807) is 12.3 Å². The number of aryl methyl sites for hydroxylation is 1. The summed E-state index contributed by atoms with van der Waals surface area (Å²) in [6, 6.07) is 1.68. The Hall–Kier alpha value is -1.78. The zero-order valence-electron chi connectivity index (χ0n) is 7.27. The van der Waals surface area contributed by atoms with Crippen molar-refractivity contribution in [2.45, 2.75) is 13.5 Å². The quantitative estimate of drug-likeness (QED) is 0.748. The lowest BCUT2D eigenvalue weighted by molar-refractivity contribution is 0.436. The van der Waals surface area contributed by atoms with Crippen molar-refractivity contribution in [1.29, 1.82) is 0 Å². The van der Waals surface area contributed by atoms with Gasteiger partial charge in [0.2, 0.25) is 0 Å². The Labute approximate surface area is 75.1 Å². The number of nitrogen functional groups attached to an aromatic ring is 1. The second-order valence-corrected chi connectivity index (χ2v) is 2.70. The molecule has 0 amide bonds. The third-order valence-electron chi connectivity index (χ3n) is 1.77. The molecule has 5 nitrogen and oxygen atoms in total. The number of hydrogen-bond donors (Lipinski definition) is 1. The number of aromatic nitrogens is 3. The predicted molar refractivity (Wildman–Crippen MR) is 47.8 cm³/mol. The van der Waals surface area contributed by atoms with E-state index in [-0.39, 0.29) is 0 Å². The van der Waals surface area contributed by atoms with E-state index in [1.165, 1.54) is 0 Å². The molecule has 0 aliphatic heterocycles. The van der Waals surface area contributed by atoms with Gasteiger partial charge in [-0.25, -0.2) is 0 Å². The second-order valence-electron chi connectivity index (χ2n) is 2.70. The van der Waals surface area contributed by atoms with Crippen molar-refractivity contribution in [1.82, 2.24) is 14.9 Å². The number of rotatable bonds is 2. The first-order valence-electron chi connectivity index (χ1n) is 4.04. The van der Waals surface area contributed by atoms with Gasteiger partial charge < -0.3 is 10.3 Å². The topological polar surface area (TPSA) is 69.9 Å². The molecule has 0 saturated heterocycles. The van der Waals surface area contributed by atoms with Crippen LogP contribution in [0.3, 0.4) is 0 Å². The zero-order chi connectivity index (χ0) is 9.26. The van der Waals surface area contributed by atoms with Crippen LogP contribution in [0.4, 0.5) is 5.82 Å². The Kier molecular flexibility index (Phi) is 1.77. The standard InChI is InChI=1S/C8H10N4O/c1-2-12-5-6(4-10-12)7-3-8(9)11-13-7/h3-5H,2H2,1H3,(H2,9,11). The molecule has 2 N–H and O–H groups in total. The fraction of sp³-hybridized carbons (Fsp3) is 0.250. The Morgan fingerprint density at radius 1 is 1.62 bits per heavy atom. The summed E-state index contributed by atoms with van der Waals surface area (Å²) in [6.45, 7) is 2.86. The SMILES string of the molecule is CCn1cc(-c2cc(N)no2)cn1. The van der Waals surface area contributed by atoms with Gasteiger partial charge in [-0.2, -0.15) is 5.10 Å². The number of anilines is 1. The minimum atomic E-state index is 0.388. The predicted octanol–water partition coefficient (Wildman–Crippen LogP) is 1.14. The van der Waals surface area contributed by atoms with Gasteiger partial charge in [0.25, 0.3) is 0 Å². The Morgan fingerprint density at radius 2 is 2.46 bits per heavy atom. The van der Waals surface area contributed by atoms with Gasteiger partial charge in [0.1, 0.15) is 0 Å². The monoisotopic (exact) mass is 178 g/mol. The maximum absolute atomic E-state index is 5.42. The van der Waals surface area contributed by atoms with E-state index in [9.17, 15) is 0 Å². The average molecular weight is 178 g/mol. The number of nitrogens with two attached hydrogens (primary N) is 1. The lowest BCUT2D eigenvalue weighted by Gasteiger charge is -1.89. The van der Waals surface area contributed by atoms with E-state index in [4.69, 9.17) is 10.3 Å². The molecule has 0 bridgehead atoms. The minimum Gasteiger partial charge on any atom is -0.381 e. The highest BCUT2D eigenvalue weighted by Crippen LogP contribution is 2.19. The first-order chi connectivity index (χ1) is 6.29. The van der Waals surface area contributed by atoms with E-state index in [0.717, 1.165) is 12.1 Å². The Morgan fingerprint density at radius 3 is 3.00 bits per heavy atom. The molecule has 13 heavy (non-hydrogen) atoms. The summed E-state index contributed by atoms with van der Waals surface area (Å²) in [4.78, 5) is 0. The van der Waals surface area contributed by atoms with Gasteiger partial charge in [-0.05, 0) is 6.92 Å². The molecule has 2 rings (SSSR count). The van der Waals surface area contributed by atoms with Crippen molar-refractivity contribution in [2.75, 3.05) is 5.73 Å². The Bertz CT molecular complexity index is 404.